The Kier molecular flexibility index (Phi) is 5.04. The van der Waals surface area contributed by atoms with Gasteiger partial charge in [0.25, 0.3) is 0 Å². The molecule has 0 aliphatic carbocycles. The van der Waals surface area contributed by atoms with E-state index in [1.165, 1.54) is 9.75 Å². The minimum atomic E-state index is -0.724. The molecule has 1 aliphatic heterocycles. The molecule has 0 aromatic carbocycles. The molecule has 0 spiro atoms. The van der Waals surface area contributed by atoms with Gasteiger partial charge in [-0.1, -0.05) is 20.8 Å². The largest absolute Gasteiger partial charge is 0.342 e. The summed E-state index contributed by atoms with van der Waals surface area (Å²) in [6, 6.07) is 4.22. The number of carbonyl (C=O) groups is 2. The second kappa shape index (κ2) is 6.60. The average molecular weight is 308 g/mol. The van der Waals surface area contributed by atoms with Gasteiger partial charge in [0.05, 0.1) is 6.54 Å². The fourth-order valence-electron chi connectivity index (χ4n) is 2.79. The van der Waals surface area contributed by atoms with Crippen molar-refractivity contribution in [1.82, 2.24) is 10.2 Å². The molecule has 4 nitrogen and oxygen atoms in total. The zero-order chi connectivity index (χ0) is 15.5. The lowest BCUT2D eigenvalue weighted by molar-refractivity contribution is -0.139. The summed E-state index contributed by atoms with van der Waals surface area (Å²) >= 11 is 1.75. The SMILES string of the molecule is CCc1ccc(CN2CCC(=O)NC(CC)(CC)C2=O)s1. The highest BCUT2D eigenvalue weighted by atomic mass is 32.1. The smallest absolute Gasteiger partial charge is 0.248 e. The minimum absolute atomic E-state index is 0.0185. The van der Waals surface area contributed by atoms with Crippen molar-refractivity contribution in [2.45, 2.75) is 58.5 Å². The van der Waals surface area contributed by atoms with Gasteiger partial charge in [-0.25, -0.2) is 0 Å². The van der Waals surface area contributed by atoms with Gasteiger partial charge in [-0.2, -0.15) is 0 Å². The van der Waals surface area contributed by atoms with E-state index < -0.39 is 5.54 Å². The van der Waals surface area contributed by atoms with Gasteiger partial charge in [0.1, 0.15) is 5.54 Å². The third kappa shape index (κ3) is 3.28. The average Bonchev–Trinajstić information content (AvgIpc) is 2.91. The van der Waals surface area contributed by atoms with Crippen molar-refractivity contribution in [1.29, 1.82) is 0 Å². The van der Waals surface area contributed by atoms with Crippen LogP contribution in [0.4, 0.5) is 0 Å². The van der Waals surface area contributed by atoms with Gasteiger partial charge in [0.2, 0.25) is 11.8 Å². The van der Waals surface area contributed by atoms with Gasteiger partial charge in [-0.05, 0) is 31.4 Å². The van der Waals surface area contributed by atoms with E-state index >= 15 is 0 Å². The van der Waals surface area contributed by atoms with Crippen LogP contribution in [0.3, 0.4) is 0 Å². The van der Waals surface area contributed by atoms with E-state index in [1.54, 1.807) is 11.3 Å². The van der Waals surface area contributed by atoms with Crippen molar-refractivity contribution >= 4 is 23.2 Å². The highest BCUT2D eigenvalue weighted by Gasteiger charge is 2.41. The number of thiophene rings is 1. The molecule has 21 heavy (non-hydrogen) atoms. The first kappa shape index (κ1) is 16.0. The molecule has 116 valence electrons. The summed E-state index contributed by atoms with van der Waals surface area (Å²) in [6.07, 6.45) is 2.68. The molecule has 2 rings (SSSR count). The van der Waals surface area contributed by atoms with Gasteiger partial charge in [-0.15, -0.1) is 11.3 Å². The van der Waals surface area contributed by atoms with Gasteiger partial charge in [-0.3, -0.25) is 9.59 Å². The summed E-state index contributed by atoms with van der Waals surface area (Å²) in [7, 11) is 0. The van der Waals surface area contributed by atoms with Crippen LogP contribution in [0.5, 0.6) is 0 Å². The summed E-state index contributed by atoms with van der Waals surface area (Å²) in [5.74, 6) is 0.0415. The standard InChI is InChI=1S/C16H24N2O2S/c1-4-12-7-8-13(21-12)11-18-10-9-14(19)17-16(5-2,6-3)15(18)20/h7-8H,4-6,9-11H2,1-3H3,(H,17,19). The van der Waals surface area contributed by atoms with Gasteiger partial charge >= 0.3 is 0 Å². The molecule has 1 fully saturated rings. The molecule has 2 amide bonds. The minimum Gasteiger partial charge on any atom is -0.342 e. The Balaban J connectivity index is 2.21. The van der Waals surface area contributed by atoms with Crippen LogP contribution in [0.15, 0.2) is 12.1 Å². The number of carbonyl (C=O) groups excluding carboxylic acids is 2. The summed E-state index contributed by atoms with van der Waals surface area (Å²) in [5.41, 5.74) is -0.724. The zero-order valence-electron chi connectivity index (χ0n) is 13.1. The number of aryl methyl sites for hydroxylation is 1. The molecule has 2 heterocycles. The number of rotatable bonds is 5. The second-order valence-corrected chi connectivity index (χ2v) is 6.79. The molecule has 0 radical (unpaired) electrons. The Morgan fingerprint density at radius 3 is 2.43 bits per heavy atom. The quantitative estimate of drug-likeness (QED) is 0.909. The Morgan fingerprint density at radius 2 is 1.86 bits per heavy atom. The van der Waals surface area contributed by atoms with Crippen molar-refractivity contribution < 1.29 is 9.59 Å². The predicted octanol–water partition coefficient (Wildman–Crippen LogP) is 2.72. The summed E-state index contributed by atoms with van der Waals surface area (Å²) in [6.45, 7) is 7.18. The van der Waals surface area contributed by atoms with Crippen molar-refractivity contribution in [3.05, 3.63) is 21.9 Å². The topological polar surface area (TPSA) is 49.4 Å². The van der Waals surface area contributed by atoms with E-state index in [4.69, 9.17) is 0 Å². The van der Waals surface area contributed by atoms with Gasteiger partial charge in [0.15, 0.2) is 0 Å². The summed E-state index contributed by atoms with van der Waals surface area (Å²) in [5, 5.41) is 2.95. The lowest BCUT2D eigenvalue weighted by Gasteiger charge is -2.33. The fraction of sp³-hybridized carbons (Fsp3) is 0.625. The van der Waals surface area contributed by atoms with Crippen molar-refractivity contribution in [2.75, 3.05) is 6.54 Å². The Morgan fingerprint density at radius 1 is 1.19 bits per heavy atom. The zero-order valence-corrected chi connectivity index (χ0v) is 13.9. The van der Waals surface area contributed by atoms with Gasteiger partial charge in [0, 0.05) is 22.7 Å². The fourth-order valence-corrected chi connectivity index (χ4v) is 3.76. The molecule has 1 saturated heterocycles. The maximum atomic E-state index is 12.9. The molecule has 0 saturated carbocycles. The molecule has 5 heteroatoms. The first-order chi connectivity index (χ1) is 10.0. The van der Waals surface area contributed by atoms with Crippen LogP contribution in [-0.2, 0) is 22.6 Å². The normalized spacial score (nSPS) is 18.5. The van der Waals surface area contributed by atoms with E-state index in [2.05, 4.69) is 24.4 Å². The molecule has 1 N–H and O–H groups in total. The lowest BCUT2D eigenvalue weighted by atomic mass is 9.91. The van der Waals surface area contributed by atoms with Crippen LogP contribution >= 0.6 is 11.3 Å². The second-order valence-electron chi connectivity index (χ2n) is 5.54. The van der Waals surface area contributed by atoms with E-state index in [-0.39, 0.29) is 11.8 Å². The molecule has 1 aromatic rings. The molecule has 0 bridgehead atoms. The predicted molar refractivity (Wildman–Crippen MR) is 85.2 cm³/mol. The van der Waals surface area contributed by atoms with Crippen molar-refractivity contribution in [3.63, 3.8) is 0 Å². The van der Waals surface area contributed by atoms with Crippen LogP contribution in [0.25, 0.3) is 0 Å². The van der Waals surface area contributed by atoms with Crippen LogP contribution < -0.4 is 5.32 Å². The summed E-state index contributed by atoms with van der Waals surface area (Å²) < 4.78 is 0. The van der Waals surface area contributed by atoms with Crippen LogP contribution in [0, 0.1) is 0 Å². The first-order valence-electron chi connectivity index (χ1n) is 7.72. The lowest BCUT2D eigenvalue weighted by Crippen LogP contribution is -2.56. The highest BCUT2D eigenvalue weighted by Crippen LogP contribution is 2.25. The third-order valence-corrected chi connectivity index (χ3v) is 5.52. The van der Waals surface area contributed by atoms with Crippen LogP contribution in [-0.4, -0.2) is 28.8 Å². The molecular weight excluding hydrogens is 284 g/mol. The molecular formula is C16H24N2O2S. The molecule has 1 aromatic heterocycles. The van der Waals surface area contributed by atoms with Crippen LogP contribution in [0.1, 0.15) is 49.8 Å². The number of hydrogen-bond acceptors (Lipinski definition) is 3. The first-order valence-corrected chi connectivity index (χ1v) is 8.54. The monoisotopic (exact) mass is 308 g/mol. The van der Waals surface area contributed by atoms with Crippen LogP contribution in [0.2, 0.25) is 0 Å². The van der Waals surface area contributed by atoms with E-state index in [9.17, 15) is 9.59 Å². The molecule has 0 atom stereocenters. The van der Waals surface area contributed by atoms with E-state index in [1.807, 2.05) is 18.7 Å². The summed E-state index contributed by atoms with van der Waals surface area (Å²) in [4.78, 5) is 29.2. The van der Waals surface area contributed by atoms with E-state index in [0.29, 0.717) is 32.4 Å². The molecule has 1 aliphatic rings. The third-order valence-electron chi connectivity index (χ3n) is 4.30. The number of hydrogen-bond donors (Lipinski definition) is 1. The number of amides is 2. The van der Waals surface area contributed by atoms with E-state index in [0.717, 1.165) is 6.42 Å². The van der Waals surface area contributed by atoms with Crippen molar-refractivity contribution in [3.8, 4) is 0 Å². The number of nitrogens with zero attached hydrogens (tertiary/aromatic N) is 1. The van der Waals surface area contributed by atoms with Crippen molar-refractivity contribution in [2.24, 2.45) is 0 Å². The number of nitrogens with one attached hydrogen (secondary N) is 1. The Bertz CT molecular complexity index is 520. The maximum absolute atomic E-state index is 12.9. The molecule has 0 unspecified atom stereocenters. The van der Waals surface area contributed by atoms with Gasteiger partial charge < -0.3 is 10.2 Å². The maximum Gasteiger partial charge on any atom is 0.248 e. The highest BCUT2D eigenvalue weighted by molar-refractivity contribution is 7.11. The Hall–Kier alpha value is -1.36. The Labute approximate surface area is 130 Å².